The number of nitrogens with one attached hydrogen (secondary N) is 7. The second-order valence-electron chi connectivity index (χ2n) is 18.6. The van der Waals surface area contributed by atoms with Gasteiger partial charge in [-0.25, -0.2) is 4.79 Å². The minimum absolute atomic E-state index is 0.0100. The number of carboxylic acids is 1. The molecule has 0 aromatic carbocycles. The predicted octanol–water partition coefficient (Wildman–Crippen LogP) is -5.89. The molecule has 0 aromatic heterocycles. The molecular formula is C44H82N16O12. The molecule has 1 saturated heterocycles. The number of likely N-dealkylation sites (tertiary alicyclic amines) is 1. The molecule has 1 rings (SSSR count). The van der Waals surface area contributed by atoms with E-state index < -0.39 is 126 Å². The molecular weight excluding hydrogens is 945 g/mol. The summed E-state index contributed by atoms with van der Waals surface area (Å²) in [5.41, 5.74) is 33.1. The van der Waals surface area contributed by atoms with Crippen LogP contribution in [-0.2, 0) is 43.2 Å². The van der Waals surface area contributed by atoms with Crippen molar-refractivity contribution in [1.29, 1.82) is 0 Å². The summed E-state index contributed by atoms with van der Waals surface area (Å²) in [6.45, 7) is 9.05. The lowest BCUT2D eigenvalue weighted by Crippen LogP contribution is -2.61. The van der Waals surface area contributed by atoms with Crippen LogP contribution in [0.3, 0.4) is 0 Å². The zero-order valence-electron chi connectivity index (χ0n) is 42.4. The van der Waals surface area contributed by atoms with Gasteiger partial charge in [0.25, 0.3) is 0 Å². The summed E-state index contributed by atoms with van der Waals surface area (Å²) in [4.78, 5) is 130. The first-order valence-corrected chi connectivity index (χ1v) is 24.3. The van der Waals surface area contributed by atoms with Crippen molar-refractivity contribution in [2.24, 2.45) is 56.2 Å². The van der Waals surface area contributed by atoms with Crippen LogP contribution in [0.2, 0.25) is 0 Å². The van der Waals surface area contributed by atoms with E-state index in [0.29, 0.717) is 25.8 Å². The number of nitrogens with two attached hydrogens (primary N) is 6. The average molecular weight is 1030 g/mol. The number of aliphatic imine (C=N–C) groups is 2. The maximum atomic E-state index is 14.4. The van der Waals surface area contributed by atoms with Gasteiger partial charge in [-0.1, -0.05) is 27.7 Å². The number of aliphatic hydroxyl groups is 2. The van der Waals surface area contributed by atoms with Crippen molar-refractivity contribution in [2.75, 3.05) is 32.8 Å². The summed E-state index contributed by atoms with van der Waals surface area (Å²) in [7, 11) is 0. The number of aliphatic carboxylic acids is 1. The number of guanidine groups is 2. The second-order valence-corrected chi connectivity index (χ2v) is 18.6. The minimum atomic E-state index is -1.63. The van der Waals surface area contributed by atoms with Gasteiger partial charge in [0, 0.05) is 19.6 Å². The van der Waals surface area contributed by atoms with Crippen LogP contribution in [0.5, 0.6) is 0 Å². The third-order valence-electron chi connectivity index (χ3n) is 11.5. The molecule has 0 saturated carbocycles. The van der Waals surface area contributed by atoms with Gasteiger partial charge in [-0.3, -0.25) is 48.3 Å². The molecule has 1 heterocycles. The van der Waals surface area contributed by atoms with Gasteiger partial charge < -0.3 is 91.8 Å². The van der Waals surface area contributed by atoms with Gasteiger partial charge in [-0.15, -0.1) is 0 Å². The molecule has 410 valence electrons. The van der Waals surface area contributed by atoms with Gasteiger partial charge in [0.05, 0.1) is 12.7 Å². The Kier molecular flexibility index (Phi) is 28.8. The quantitative estimate of drug-likeness (QED) is 0.0165. The Balaban J connectivity index is 3.29. The van der Waals surface area contributed by atoms with Crippen molar-refractivity contribution >= 4 is 65.1 Å². The van der Waals surface area contributed by atoms with Crippen LogP contribution in [0.25, 0.3) is 0 Å². The van der Waals surface area contributed by atoms with E-state index in [4.69, 9.17) is 34.4 Å². The molecule has 1 aliphatic heterocycles. The van der Waals surface area contributed by atoms with E-state index in [1.54, 1.807) is 27.7 Å². The Bertz CT molecular complexity index is 1880. The molecule has 10 atom stereocenters. The molecule has 0 radical (unpaired) electrons. The fraction of sp³-hybridized carbons (Fsp3) is 0.750. The van der Waals surface area contributed by atoms with Crippen molar-refractivity contribution in [2.45, 2.75) is 166 Å². The van der Waals surface area contributed by atoms with E-state index in [-0.39, 0.29) is 82.4 Å². The van der Waals surface area contributed by atoms with Crippen LogP contribution in [0.4, 0.5) is 0 Å². The highest BCUT2D eigenvalue weighted by Gasteiger charge is 2.41. The molecule has 22 N–H and O–H groups in total. The van der Waals surface area contributed by atoms with E-state index in [1.807, 2.05) is 0 Å². The summed E-state index contributed by atoms with van der Waals surface area (Å²) in [6.07, 6.45) is 0.791. The minimum Gasteiger partial charge on any atom is -0.480 e. The van der Waals surface area contributed by atoms with E-state index in [2.05, 4.69) is 47.2 Å². The zero-order valence-corrected chi connectivity index (χ0v) is 42.4. The summed E-state index contributed by atoms with van der Waals surface area (Å²) in [6, 6.07) is -11.7. The van der Waals surface area contributed by atoms with Gasteiger partial charge in [0.2, 0.25) is 47.3 Å². The first-order valence-electron chi connectivity index (χ1n) is 24.3. The van der Waals surface area contributed by atoms with E-state index in [1.165, 1.54) is 18.7 Å². The number of nitrogens with zero attached hydrogens (tertiary/aromatic N) is 3. The molecule has 0 aliphatic carbocycles. The van der Waals surface area contributed by atoms with Crippen molar-refractivity contribution in [1.82, 2.24) is 42.1 Å². The van der Waals surface area contributed by atoms with Crippen LogP contribution >= 0.6 is 0 Å². The van der Waals surface area contributed by atoms with Crippen molar-refractivity contribution < 1.29 is 58.5 Å². The molecule has 0 spiro atoms. The van der Waals surface area contributed by atoms with Crippen LogP contribution in [-0.4, -0.2) is 179 Å². The number of unbranched alkanes of at least 4 members (excludes halogenated alkanes) is 1. The number of carbonyl (C=O) groups excluding carboxylic acids is 8. The number of amides is 8. The fourth-order valence-electron chi connectivity index (χ4n) is 7.44. The molecule has 1 fully saturated rings. The highest BCUT2D eigenvalue weighted by atomic mass is 16.4. The maximum Gasteiger partial charge on any atom is 0.326 e. The summed E-state index contributed by atoms with van der Waals surface area (Å²) in [5.74, 6) is -8.92. The highest BCUT2D eigenvalue weighted by Crippen LogP contribution is 2.21. The van der Waals surface area contributed by atoms with Crippen LogP contribution in [0.15, 0.2) is 9.98 Å². The predicted molar refractivity (Wildman–Crippen MR) is 265 cm³/mol. The van der Waals surface area contributed by atoms with Gasteiger partial charge >= 0.3 is 5.97 Å². The fourth-order valence-corrected chi connectivity index (χ4v) is 7.44. The van der Waals surface area contributed by atoms with Gasteiger partial charge in [0.15, 0.2) is 11.9 Å². The number of hydrogen-bond acceptors (Lipinski definition) is 15. The summed E-state index contributed by atoms with van der Waals surface area (Å²) >= 11 is 0. The number of hydrogen-bond donors (Lipinski definition) is 16. The smallest absolute Gasteiger partial charge is 0.326 e. The van der Waals surface area contributed by atoms with Crippen LogP contribution in [0, 0.1) is 11.8 Å². The molecule has 28 heteroatoms. The standard InChI is InChI=1S/C44H82N16O12/c1-22(2)20-29(36(65)53-24(5)34(63)56-28(42(71)72)12-7-8-16-45)57-37(66)30(21-61)58-40(69)33(23(3)4)59-38(67)31-15-11-19-60(31)41(70)27(14-10-18-52-44(49)50)55-35(64)26(13-9-17-51-43(47)48)54-39(68)32(46)25(6)62/h22-33,61-62H,7-21,45-46H2,1-6H3,(H,53,65)(H,54,68)(H,55,64)(H,56,63)(H,57,66)(H,58,69)(H,59,67)(H,71,72)(H4,47,48,51)(H4,49,50,52)/t24-,25+,26-,27-,28-,29-,30-,31-,32-,33-/m0/s1. The average Bonchev–Trinajstić information content (AvgIpc) is 3.80. The summed E-state index contributed by atoms with van der Waals surface area (Å²) < 4.78 is 0. The lowest BCUT2D eigenvalue weighted by molar-refractivity contribution is -0.143. The highest BCUT2D eigenvalue weighted by molar-refractivity contribution is 5.98. The number of carbonyl (C=O) groups is 9. The number of carboxylic acid groups (broad SMARTS) is 1. The Morgan fingerprint density at radius 3 is 1.64 bits per heavy atom. The molecule has 72 heavy (non-hydrogen) atoms. The monoisotopic (exact) mass is 1030 g/mol. The Morgan fingerprint density at radius 2 is 1.12 bits per heavy atom. The molecule has 1 aliphatic rings. The van der Waals surface area contributed by atoms with Gasteiger partial charge in [-0.05, 0) is 96.4 Å². The summed E-state index contributed by atoms with van der Waals surface area (Å²) in [5, 5.41) is 47.4. The Labute approximate surface area is 420 Å². The Morgan fingerprint density at radius 1 is 0.625 bits per heavy atom. The van der Waals surface area contributed by atoms with E-state index in [0.717, 1.165) is 0 Å². The normalized spacial score (nSPS) is 17.1. The van der Waals surface area contributed by atoms with Crippen LogP contribution < -0.4 is 71.6 Å². The van der Waals surface area contributed by atoms with Crippen molar-refractivity contribution in [3.8, 4) is 0 Å². The molecule has 0 aromatic rings. The molecule has 28 nitrogen and oxygen atoms in total. The lowest BCUT2D eigenvalue weighted by atomic mass is 10.0. The van der Waals surface area contributed by atoms with Crippen molar-refractivity contribution in [3.05, 3.63) is 0 Å². The zero-order chi connectivity index (χ0) is 54.8. The first kappa shape index (κ1) is 63.6. The van der Waals surface area contributed by atoms with E-state index in [9.17, 15) is 58.5 Å². The van der Waals surface area contributed by atoms with Gasteiger partial charge in [-0.2, -0.15) is 0 Å². The first-order chi connectivity index (χ1) is 33.7. The maximum absolute atomic E-state index is 14.4. The molecule has 0 unspecified atom stereocenters. The van der Waals surface area contributed by atoms with Gasteiger partial charge in [0.1, 0.15) is 54.4 Å². The van der Waals surface area contributed by atoms with E-state index >= 15 is 0 Å². The third-order valence-corrected chi connectivity index (χ3v) is 11.5. The Hall–Kier alpha value is -6.39. The number of aliphatic hydroxyl groups excluding tert-OH is 2. The number of rotatable bonds is 33. The van der Waals surface area contributed by atoms with Crippen molar-refractivity contribution in [3.63, 3.8) is 0 Å². The largest absolute Gasteiger partial charge is 0.480 e. The SMILES string of the molecule is CC(C)C[C@H](NC(=O)[C@H](CO)NC(=O)[C@@H](NC(=O)[C@@H]1CCCN1C(=O)[C@H](CCCN=C(N)N)NC(=O)[C@H](CCCN=C(N)N)NC(=O)[C@@H](N)[C@@H](C)O)C(C)C)C(=O)N[C@@H](C)C(=O)N[C@@H](CCCCN)C(=O)O. The molecule has 0 bridgehead atoms. The lowest BCUT2D eigenvalue weighted by Gasteiger charge is -2.31. The molecule has 8 amide bonds. The second kappa shape index (κ2) is 32.6. The van der Waals surface area contributed by atoms with Crippen LogP contribution in [0.1, 0.15) is 106 Å². The third kappa shape index (κ3) is 22.8. The topological polar surface area (TPSA) is 483 Å².